The van der Waals surface area contributed by atoms with Crippen LogP contribution < -0.4 is 4.74 Å². The number of nitrogens with zero attached hydrogens (tertiary/aromatic N) is 3. The van der Waals surface area contributed by atoms with Crippen molar-refractivity contribution in [1.82, 2.24) is 14.5 Å². The Morgan fingerprint density at radius 2 is 1.46 bits per heavy atom. The van der Waals surface area contributed by atoms with Crippen LogP contribution in [0.25, 0.3) is 60.7 Å². The van der Waals surface area contributed by atoms with E-state index < -0.39 is 0 Å². The average molecular weight is 781 g/mol. The monoisotopic (exact) mass is 780 g/mol. The number of pyridine rings is 1. The quantitative estimate of drug-likeness (QED) is 0.125. The van der Waals surface area contributed by atoms with Gasteiger partial charge in [-0.3, -0.25) is 4.98 Å². The van der Waals surface area contributed by atoms with Crippen molar-refractivity contribution in [3.63, 3.8) is 0 Å². The van der Waals surface area contributed by atoms with E-state index in [2.05, 4.69) is 80.8 Å². The molecule has 0 atom stereocenters. The zero-order chi connectivity index (χ0) is 30.7. The number of imidazole rings is 1. The summed E-state index contributed by atoms with van der Waals surface area (Å²) in [5, 5.41) is 5.11. The summed E-state index contributed by atoms with van der Waals surface area (Å²) >= 11 is 0. The molecule has 0 spiro atoms. The topological polar surface area (TPSA) is 53.1 Å². The summed E-state index contributed by atoms with van der Waals surface area (Å²) in [5.41, 5.74) is 7.12. The predicted octanol–water partition coefficient (Wildman–Crippen LogP) is 10.8. The molecule has 46 heavy (non-hydrogen) atoms. The number of rotatable bonds is 6. The number of benzene rings is 5. The number of fused-ring (bicyclic) bond motifs is 7. The fourth-order valence-electron chi connectivity index (χ4n) is 6.39. The van der Waals surface area contributed by atoms with Crippen molar-refractivity contribution in [3.05, 3.63) is 127 Å². The van der Waals surface area contributed by atoms with Gasteiger partial charge >= 0.3 is 21.1 Å². The van der Waals surface area contributed by atoms with E-state index in [1.807, 2.05) is 60.9 Å². The molecule has 8 rings (SSSR count). The van der Waals surface area contributed by atoms with Crippen LogP contribution >= 0.6 is 0 Å². The molecule has 0 amide bonds. The van der Waals surface area contributed by atoms with Gasteiger partial charge in [0.05, 0.1) is 12.0 Å². The van der Waals surface area contributed by atoms with E-state index >= 15 is 0 Å². The Morgan fingerprint density at radius 1 is 0.717 bits per heavy atom. The number of hydrogen-bond donors (Lipinski definition) is 0. The van der Waals surface area contributed by atoms with E-state index in [0.29, 0.717) is 23.3 Å². The number of para-hydroxylation sites is 2. The van der Waals surface area contributed by atoms with Gasteiger partial charge in [0.15, 0.2) is 5.58 Å². The largest absolute Gasteiger partial charge is 2.00 e. The van der Waals surface area contributed by atoms with Crippen molar-refractivity contribution in [2.24, 2.45) is 0 Å². The first-order valence-electron chi connectivity index (χ1n) is 15.4. The van der Waals surface area contributed by atoms with Gasteiger partial charge in [-0.05, 0) is 39.9 Å². The molecule has 0 aliphatic heterocycles. The Bertz CT molecular complexity index is 2360. The summed E-state index contributed by atoms with van der Waals surface area (Å²) < 4.78 is 14.7. The maximum atomic E-state index is 6.39. The number of aromatic nitrogens is 3. The summed E-state index contributed by atoms with van der Waals surface area (Å²) in [7, 11) is 0. The van der Waals surface area contributed by atoms with E-state index in [4.69, 9.17) is 19.1 Å². The molecule has 0 aliphatic rings. The Morgan fingerprint density at radius 3 is 2.26 bits per heavy atom. The fourth-order valence-corrected chi connectivity index (χ4v) is 6.39. The molecule has 0 unspecified atom stereocenters. The van der Waals surface area contributed by atoms with Gasteiger partial charge < -0.3 is 18.7 Å². The molecule has 8 aromatic rings. The first kappa shape index (κ1) is 30.0. The minimum atomic E-state index is 0. The van der Waals surface area contributed by atoms with Crippen LogP contribution in [0.4, 0.5) is 0 Å². The van der Waals surface area contributed by atoms with Gasteiger partial charge in [0.2, 0.25) is 0 Å². The predicted molar refractivity (Wildman–Crippen MR) is 181 cm³/mol. The van der Waals surface area contributed by atoms with Crippen LogP contribution in [0, 0.1) is 12.1 Å². The summed E-state index contributed by atoms with van der Waals surface area (Å²) in [6, 6.07) is 35.8. The molecule has 0 saturated carbocycles. The van der Waals surface area contributed by atoms with Crippen molar-refractivity contribution in [3.8, 4) is 28.6 Å². The Kier molecular flexibility index (Phi) is 7.74. The summed E-state index contributed by atoms with van der Waals surface area (Å²) in [6.07, 6.45) is 5.70. The van der Waals surface area contributed by atoms with Crippen molar-refractivity contribution in [1.29, 1.82) is 0 Å². The van der Waals surface area contributed by atoms with Crippen molar-refractivity contribution in [2.45, 2.75) is 39.5 Å². The van der Waals surface area contributed by atoms with Crippen LogP contribution in [0.2, 0.25) is 0 Å². The normalized spacial score (nSPS) is 11.7. The van der Waals surface area contributed by atoms with E-state index in [9.17, 15) is 0 Å². The summed E-state index contributed by atoms with van der Waals surface area (Å²) in [4.78, 5) is 9.59. The molecule has 0 N–H and O–H groups in total. The standard InChI is InChI=1S/C40H31N3O2.Pt/c1-24(2)30-12-8-13-31(25(3)4)39(30)43-20-19-41-40(43)27-9-7-10-28(21-27)44-29-17-15-26-16-18-33-37-32-11-5-6-14-35(32)45-36(37)23-42-38(33)34(26)22-29;/h5-20,23-25H,1-4H3;/q-2;+2. The van der Waals surface area contributed by atoms with Crippen LogP contribution in [-0.2, 0) is 21.1 Å². The molecular formula is C40H31N3O2Pt. The first-order chi connectivity index (χ1) is 22.0. The number of ether oxygens (including phenoxy) is 1. The molecule has 3 heterocycles. The van der Waals surface area contributed by atoms with E-state index in [-0.39, 0.29) is 21.1 Å². The van der Waals surface area contributed by atoms with Gasteiger partial charge in [0.1, 0.15) is 5.58 Å². The second-order valence-electron chi connectivity index (χ2n) is 12.1. The number of furan rings is 1. The van der Waals surface area contributed by atoms with Gasteiger partial charge in [-0.15, -0.1) is 46.7 Å². The van der Waals surface area contributed by atoms with Gasteiger partial charge in [-0.1, -0.05) is 88.4 Å². The molecule has 5 aromatic carbocycles. The average Bonchev–Trinajstić information content (AvgIpc) is 3.69. The molecular weight excluding hydrogens is 750 g/mol. The van der Waals surface area contributed by atoms with E-state index in [1.165, 1.54) is 16.8 Å². The van der Waals surface area contributed by atoms with Crippen LogP contribution in [0.5, 0.6) is 11.5 Å². The zero-order valence-electron chi connectivity index (χ0n) is 25.9. The molecule has 3 aromatic heterocycles. The van der Waals surface area contributed by atoms with Gasteiger partial charge in [0, 0.05) is 40.4 Å². The zero-order valence-corrected chi connectivity index (χ0v) is 28.2. The van der Waals surface area contributed by atoms with Gasteiger partial charge in [-0.25, -0.2) is 0 Å². The minimum absolute atomic E-state index is 0. The van der Waals surface area contributed by atoms with Crippen molar-refractivity contribution < 1.29 is 30.2 Å². The SMILES string of the molecule is CC(C)c1cccc(C(C)C)c1-n1ccnc1-c1[c-]c(Oc2[c-]c3c(cc2)ccc2c3ncc3oc4ccccc4c32)ccc1.[Pt+2]. The van der Waals surface area contributed by atoms with E-state index in [0.717, 1.165) is 55.0 Å². The fraction of sp³-hybridized carbons (Fsp3) is 0.150. The van der Waals surface area contributed by atoms with E-state index in [1.54, 1.807) is 6.20 Å². The van der Waals surface area contributed by atoms with Crippen LogP contribution in [0.15, 0.2) is 108 Å². The third-order valence-corrected chi connectivity index (χ3v) is 8.53. The van der Waals surface area contributed by atoms with Crippen LogP contribution in [0.1, 0.15) is 50.7 Å². The Hall–Kier alpha value is -4.73. The second kappa shape index (κ2) is 11.9. The minimum Gasteiger partial charge on any atom is -0.497 e. The Labute approximate surface area is 282 Å². The Balaban J connectivity index is 0.00000338. The van der Waals surface area contributed by atoms with Crippen molar-refractivity contribution >= 4 is 43.6 Å². The van der Waals surface area contributed by atoms with Gasteiger partial charge in [-0.2, -0.15) is 0 Å². The molecule has 0 radical (unpaired) electrons. The van der Waals surface area contributed by atoms with Crippen LogP contribution in [0.3, 0.4) is 0 Å². The number of hydrogen-bond acceptors (Lipinski definition) is 4. The van der Waals surface area contributed by atoms with Crippen molar-refractivity contribution in [2.75, 3.05) is 0 Å². The van der Waals surface area contributed by atoms with Crippen LogP contribution in [-0.4, -0.2) is 14.5 Å². The molecule has 6 heteroatoms. The third-order valence-electron chi connectivity index (χ3n) is 8.53. The molecule has 5 nitrogen and oxygen atoms in total. The van der Waals surface area contributed by atoms with Gasteiger partial charge in [0.25, 0.3) is 0 Å². The molecule has 0 saturated heterocycles. The summed E-state index contributed by atoms with van der Waals surface area (Å²) in [6.45, 7) is 8.94. The first-order valence-corrected chi connectivity index (χ1v) is 15.4. The maximum absolute atomic E-state index is 6.39. The second-order valence-corrected chi connectivity index (χ2v) is 12.1. The molecule has 228 valence electrons. The smallest absolute Gasteiger partial charge is 0.497 e. The molecule has 0 fully saturated rings. The molecule has 0 aliphatic carbocycles. The maximum Gasteiger partial charge on any atom is 2.00 e. The molecule has 0 bridgehead atoms. The third kappa shape index (κ3) is 5.00. The summed E-state index contributed by atoms with van der Waals surface area (Å²) in [5.74, 6) is 2.74.